The van der Waals surface area contributed by atoms with E-state index in [1.165, 1.54) is 59.8 Å². The number of benzene rings is 11. The fourth-order valence-corrected chi connectivity index (χ4v) is 9.18. The first-order valence-corrected chi connectivity index (χ1v) is 21.7. The van der Waals surface area contributed by atoms with Gasteiger partial charge in [0, 0.05) is 33.5 Å². The summed E-state index contributed by atoms with van der Waals surface area (Å²) >= 11 is 0. The van der Waals surface area contributed by atoms with E-state index in [1.807, 2.05) is 0 Å². The van der Waals surface area contributed by atoms with E-state index in [1.54, 1.807) is 0 Å². The van der Waals surface area contributed by atoms with Crippen LogP contribution in [0.2, 0.25) is 0 Å². The molecule has 0 unspecified atom stereocenters. The molecule has 2 nitrogen and oxygen atoms in total. The predicted molar refractivity (Wildman–Crippen MR) is 272 cm³/mol. The van der Waals surface area contributed by atoms with E-state index in [9.17, 15) is 0 Å². The van der Waals surface area contributed by atoms with Crippen LogP contribution in [-0.4, -0.2) is 0 Å². The van der Waals surface area contributed by atoms with Crippen LogP contribution < -0.4 is 9.80 Å². The second-order valence-corrected chi connectivity index (χ2v) is 16.2. The van der Waals surface area contributed by atoms with Gasteiger partial charge in [0.25, 0.3) is 0 Å². The van der Waals surface area contributed by atoms with Crippen LogP contribution in [-0.2, 0) is 0 Å². The Balaban J connectivity index is 1.04. The Bertz CT molecular complexity index is 3390. The Morgan fingerprint density at radius 2 is 0.571 bits per heavy atom. The van der Waals surface area contributed by atoms with Crippen molar-refractivity contribution in [3.63, 3.8) is 0 Å². The van der Waals surface area contributed by atoms with Gasteiger partial charge >= 0.3 is 0 Å². The zero-order valence-corrected chi connectivity index (χ0v) is 35.1. The Labute approximate surface area is 368 Å². The van der Waals surface area contributed by atoms with E-state index >= 15 is 0 Å². The minimum Gasteiger partial charge on any atom is -0.310 e. The second-order valence-electron chi connectivity index (χ2n) is 16.2. The van der Waals surface area contributed by atoms with Crippen molar-refractivity contribution >= 4 is 102 Å². The van der Waals surface area contributed by atoms with Crippen molar-refractivity contribution in [2.45, 2.75) is 6.92 Å². The van der Waals surface area contributed by atoms with Gasteiger partial charge in [-0.25, -0.2) is 0 Å². The Morgan fingerprint density at radius 1 is 0.254 bits per heavy atom. The molecule has 0 saturated heterocycles. The lowest BCUT2D eigenvalue weighted by Gasteiger charge is -2.29. The molecule has 0 radical (unpaired) electrons. The predicted octanol–water partition coefficient (Wildman–Crippen LogP) is 17.3. The molecule has 0 heterocycles. The summed E-state index contributed by atoms with van der Waals surface area (Å²) in [5.41, 5.74) is 12.7. The molecule has 0 atom stereocenters. The van der Waals surface area contributed by atoms with Crippen LogP contribution in [0.4, 0.5) is 34.1 Å². The first-order chi connectivity index (χ1) is 31.2. The van der Waals surface area contributed by atoms with E-state index in [4.69, 9.17) is 0 Å². The monoisotopic (exact) mass is 804 g/mol. The standard InChI is InChI=1S/C61H44N2/c1-43-23-33-49(34-24-43)63(51-37-31-47(32-38-51)28-26-45-15-7-3-8-16-45)59-42-40-55-52-19-11-21-56-58(41-39-54(60(52)56)53-20-12-22-57(59)61(53)55)62(48-17-9-4-10-18-48)50-35-29-46(30-36-50)27-25-44-13-5-2-6-14-44/h2-42H,1H3/b27-25+,28-26+. The van der Waals surface area contributed by atoms with Gasteiger partial charge in [-0.3, -0.25) is 0 Å². The highest BCUT2D eigenvalue weighted by Crippen LogP contribution is 2.49. The largest absolute Gasteiger partial charge is 0.310 e. The van der Waals surface area contributed by atoms with Crippen LogP contribution in [0, 0.1) is 6.92 Å². The third-order valence-corrected chi connectivity index (χ3v) is 12.2. The van der Waals surface area contributed by atoms with E-state index in [-0.39, 0.29) is 0 Å². The third kappa shape index (κ3) is 7.18. The van der Waals surface area contributed by atoms with Gasteiger partial charge in [-0.05, 0) is 122 Å². The highest BCUT2D eigenvalue weighted by atomic mass is 15.1. The molecule has 2 heteroatoms. The lowest BCUT2D eigenvalue weighted by atomic mass is 9.88. The van der Waals surface area contributed by atoms with Crippen LogP contribution in [0.25, 0.3) is 67.4 Å². The fraction of sp³-hybridized carbons (Fsp3) is 0.0164. The van der Waals surface area contributed by atoms with Gasteiger partial charge in [0.05, 0.1) is 11.4 Å². The summed E-state index contributed by atoms with van der Waals surface area (Å²) in [7, 11) is 0. The van der Waals surface area contributed by atoms with Crippen molar-refractivity contribution in [2.75, 3.05) is 9.80 Å². The normalized spacial score (nSPS) is 11.8. The van der Waals surface area contributed by atoms with Gasteiger partial charge in [-0.2, -0.15) is 0 Å². The van der Waals surface area contributed by atoms with E-state index in [0.717, 1.165) is 45.3 Å². The van der Waals surface area contributed by atoms with Gasteiger partial charge in [0.15, 0.2) is 0 Å². The molecular formula is C61H44N2. The van der Waals surface area contributed by atoms with Crippen molar-refractivity contribution in [2.24, 2.45) is 0 Å². The van der Waals surface area contributed by atoms with Crippen LogP contribution in [0.1, 0.15) is 27.8 Å². The molecule has 0 aliphatic rings. The topological polar surface area (TPSA) is 6.48 Å². The first kappa shape index (κ1) is 37.8. The van der Waals surface area contributed by atoms with Gasteiger partial charge in [0.1, 0.15) is 0 Å². The minimum atomic E-state index is 1.11. The van der Waals surface area contributed by atoms with E-state index in [2.05, 4.69) is 265 Å². The zero-order valence-electron chi connectivity index (χ0n) is 35.1. The molecule has 0 fully saturated rings. The molecule has 11 rings (SSSR count). The SMILES string of the molecule is Cc1ccc(N(c2ccc(/C=C/c3ccccc3)cc2)c2ccc3c4cccc5c(N(c6ccccc6)c6ccc(/C=C/c7ccccc7)cc6)ccc(c6cccc2c63)c54)cc1. The summed E-state index contributed by atoms with van der Waals surface area (Å²) in [6.07, 6.45) is 8.70. The maximum Gasteiger partial charge on any atom is 0.0540 e. The molecule has 0 amide bonds. The van der Waals surface area contributed by atoms with Crippen molar-refractivity contribution in [3.8, 4) is 0 Å². The summed E-state index contributed by atoms with van der Waals surface area (Å²) in [5.74, 6) is 0. The minimum absolute atomic E-state index is 1.11. The number of hydrogen-bond acceptors (Lipinski definition) is 2. The molecule has 0 aromatic heterocycles. The van der Waals surface area contributed by atoms with Crippen molar-refractivity contribution in [1.29, 1.82) is 0 Å². The van der Waals surface area contributed by atoms with Crippen molar-refractivity contribution < 1.29 is 0 Å². The summed E-state index contributed by atoms with van der Waals surface area (Å²) in [5, 5.41) is 10.0. The Kier molecular flexibility index (Phi) is 9.80. The van der Waals surface area contributed by atoms with Crippen molar-refractivity contribution in [3.05, 3.63) is 252 Å². The molecule has 11 aromatic carbocycles. The fourth-order valence-electron chi connectivity index (χ4n) is 9.18. The van der Waals surface area contributed by atoms with Gasteiger partial charge < -0.3 is 9.80 Å². The van der Waals surface area contributed by atoms with Gasteiger partial charge in [0.2, 0.25) is 0 Å². The van der Waals surface area contributed by atoms with Crippen LogP contribution in [0.3, 0.4) is 0 Å². The Morgan fingerprint density at radius 3 is 0.984 bits per heavy atom. The molecule has 0 bridgehead atoms. The number of fused-ring (bicyclic) bond motifs is 2. The molecule has 0 spiro atoms. The van der Waals surface area contributed by atoms with Crippen LogP contribution in [0.15, 0.2) is 224 Å². The van der Waals surface area contributed by atoms with Gasteiger partial charge in [-0.1, -0.05) is 194 Å². The quantitative estimate of drug-likeness (QED) is 0.0772. The molecule has 298 valence electrons. The number of rotatable bonds is 10. The molecule has 11 aromatic rings. The van der Waals surface area contributed by atoms with Crippen molar-refractivity contribution in [1.82, 2.24) is 0 Å². The first-order valence-electron chi connectivity index (χ1n) is 21.7. The van der Waals surface area contributed by atoms with E-state index < -0.39 is 0 Å². The number of aryl methyl sites for hydroxylation is 1. The summed E-state index contributed by atoms with van der Waals surface area (Å²) in [6, 6.07) is 81.3. The smallest absolute Gasteiger partial charge is 0.0540 e. The molecule has 0 saturated carbocycles. The summed E-state index contributed by atoms with van der Waals surface area (Å²) < 4.78 is 0. The van der Waals surface area contributed by atoms with Gasteiger partial charge in [-0.15, -0.1) is 0 Å². The number of hydrogen-bond donors (Lipinski definition) is 0. The van der Waals surface area contributed by atoms with E-state index in [0.29, 0.717) is 0 Å². The second kappa shape index (κ2) is 16.3. The Hall–Kier alpha value is -8.20. The highest BCUT2D eigenvalue weighted by Gasteiger charge is 2.22. The average molecular weight is 805 g/mol. The molecule has 63 heavy (non-hydrogen) atoms. The number of nitrogens with zero attached hydrogens (tertiary/aromatic N) is 2. The zero-order chi connectivity index (χ0) is 42.1. The third-order valence-electron chi connectivity index (χ3n) is 12.2. The molecule has 0 aliphatic carbocycles. The maximum absolute atomic E-state index is 2.41. The van der Waals surface area contributed by atoms with Crippen LogP contribution in [0.5, 0.6) is 0 Å². The lowest BCUT2D eigenvalue weighted by Crippen LogP contribution is -2.11. The van der Waals surface area contributed by atoms with Crippen LogP contribution >= 0.6 is 0 Å². The summed E-state index contributed by atoms with van der Waals surface area (Å²) in [4.78, 5) is 4.81. The lowest BCUT2D eigenvalue weighted by molar-refractivity contribution is 1.29. The average Bonchev–Trinajstić information content (AvgIpc) is 3.35. The highest BCUT2D eigenvalue weighted by molar-refractivity contribution is 6.35. The molecular weight excluding hydrogens is 761 g/mol. The maximum atomic E-state index is 2.41. The molecule has 0 aliphatic heterocycles. The number of anilines is 6. The number of para-hydroxylation sites is 1. The molecule has 0 N–H and O–H groups in total. The summed E-state index contributed by atoms with van der Waals surface area (Å²) in [6.45, 7) is 2.15.